The number of ketones is 1. The number of nitrogens with zero attached hydrogens (tertiary/aromatic N) is 4. The number of likely N-dealkylation sites (N-methyl/N-ethyl adjacent to an activating group) is 2. The van der Waals surface area contributed by atoms with E-state index in [-0.39, 0.29) is 18.1 Å². The van der Waals surface area contributed by atoms with E-state index in [1.165, 1.54) is 11.3 Å². The monoisotopic (exact) mass is 529 g/mol. The van der Waals surface area contributed by atoms with Crippen LogP contribution in [0, 0.1) is 18.8 Å². The Balaban J connectivity index is 1.68. The number of carbonyl (C=O) groups is 2. The Bertz CT molecular complexity index is 1340. The van der Waals surface area contributed by atoms with Gasteiger partial charge in [0.15, 0.2) is 10.9 Å². The van der Waals surface area contributed by atoms with Gasteiger partial charge in [0.1, 0.15) is 5.69 Å². The molecule has 0 fully saturated rings. The summed E-state index contributed by atoms with van der Waals surface area (Å²) < 4.78 is 38.9. The zero-order valence-corrected chi connectivity index (χ0v) is 21.6. The molecule has 0 radical (unpaired) electrons. The zero-order chi connectivity index (χ0) is 27.2. The van der Waals surface area contributed by atoms with Crippen molar-refractivity contribution >= 4 is 28.3 Å². The molecule has 0 aliphatic heterocycles. The van der Waals surface area contributed by atoms with E-state index in [0.29, 0.717) is 27.7 Å². The molecule has 1 N–H and O–H groups in total. The Kier molecular flexibility index (Phi) is 9.02. The number of aromatic nitrogens is 2. The zero-order valence-electron chi connectivity index (χ0n) is 20.8. The third-order valence-corrected chi connectivity index (χ3v) is 6.14. The average molecular weight is 530 g/mol. The summed E-state index contributed by atoms with van der Waals surface area (Å²) in [6.07, 6.45) is -2.11. The van der Waals surface area contributed by atoms with Crippen LogP contribution in [0.25, 0.3) is 0 Å². The molecule has 11 heteroatoms. The number of benzene rings is 1. The molecule has 3 rings (SSSR count). The van der Waals surface area contributed by atoms with Crippen molar-refractivity contribution in [2.45, 2.75) is 19.5 Å². The fourth-order valence-electron chi connectivity index (χ4n) is 3.11. The molecule has 3 aromatic rings. The molecule has 0 aliphatic carbocycles. The third-order valence-electron chi connectivity index (χ3n) is 5.31. The number of aryl methyl sites for hydroxylation is 1. The van der Waals surface area contributed by atoms with E-state index >= 15 is 0 Å². The maximum atomic E-state index is 13.0. The Morgan fingerprint density at radius 3 is 2.51 bits per heavy atom. The first-order valence-corrected chi connectivity index (χ1v) is 12.0. The second kappa shape index (κ2) is 12.0. The summed E-state index contributed by atoms with van der Waals surface area (Å²) in [5.41, 5.74) is 1.000. The van der Waals surface area contributed by atoms with Crippen molar-refractivity contribution in [3.05, 3.63) is 75.6 Å². The normalized spacial score (nSPS) is 11.1. The number of anilines is 1. The van der Waals surface area contributed by atoms with E-state index < -0.39 is 17.5 Å². The van der Waals surface area contributed by atoms with Crippen LogP contribution in [0.3, 0.4) is 0 Å². The average Bonchev–Trinajstić information content (AvgIpc) is 3.29. The predicted molar refractivity (Wildman–Crippen MR) is 137 cm³/mol. The van der Waals surface area contributed by atoms with E-state index in [1.54, 1.807) is 36.3 Å². The first-order valence-electron chi connectivity index (χ1n) is 11.2. The Hall–Kier alpha value is -3.75. The number of halogens is 3. The van der Waals surface area contributed by atoms with E-state index in [4.69, 9.17) is 0 Å². The summed E-state index contributed by atoms with van der Waals surface area (Å²) in [6, 6.07) is 6.59. The molecule has 0 aliphatic rings. The van der Waals surface area contributed by atoms with Gasteiger partial charge in [0.25, 0.3) is 0 Å². The maximum Gasteiger partial charge on any atom is 0.416 e. The Morgan fingerprint density at radius 1 is 1.05 bits per heavy atom. The highest BCUT2D eigenvalue weighted by molar-refractivity contribution is 7.16. The standard InChI is InChI=1S/C26H26F3N5O2S/c1-17-5-6-18(14-23(35)22-15-20(9-10-30-22)26(27,28)29)13-19(17)7-8-21-16-31-24(37-21)32-25(36)34(4)12-11-33(2)3/h5-6,9-10,13,15-16H,11-12,14H2,1-4H3,(H,31,32,36). The van der Waals surface area contributed by atoms with Crippen LogP contribution in [-0.4, -0.2) is 65.8 Å². The van der Waals surface area contributed by atoms with Crippen LogP contribution in [0.4, 0.5) is 23.1 Å². The predicted octanol–water partition coefficient (Wildman–Crippen LogP) is 4.72. The number of alkyl halides is 3. The number of carbonyl (C=O) groups excluding carboxylic acids is 2. The molecule has 0 saturated carbocycles. The van der Waals surface area contributed by atoms with Gasteiger partial charge >= 0.3 is 12.2 Å². The molecular weight excluding hydrogens is 503 g/mol. The van der Waals surface area contributed by atoms with Crippen LogP contribution < -0.4 is 5.32 Å². The number of urea groups is 1. The van der Waals surface area contributed by atoms with Crippen molar-refractivity contribution in [2.24, 2.45) is 0 Å². The minimum absolute atomic E-state index is 0.110. The first kappa shape index (κ1) is 27.8. The number of Topliss-reactive ketones (excluding diaryl/α,β-unsaturated/α-hetero) is 1. The molecule has 2 aromatic heterocycles. The van der Waals surface area contributed by atoms with Crippen LogP contribution in [-0.2, 0) is 12.6 Å². The highest BCUT2D eigenvalue weighted by Crippen LogP contribution is 2.29. The van der Waals surface area contributed by atoms with E-state index in [0.717, 1.165) is 30.4 Å². The molecule has 0 bridgehead atoms. The van der Waals surface area contributed by atoms with Gasteiger partial charge in [0, 0.05) is 38.3 Å². The van der Waals surface area contributed by atoms with Crippen LogP contribution in [0.1, 0.15) is 37.6 Å². The summed E-state index contributed by atoms with van der Waals surface area (Å²) in [6.45, 7) is 3.17. The lowest BCUT2D eigenvalue weighted by Gasteiger charge is -2.19. The lowest BCUT2D eigenvalue weighted by atomic mass is 10.0. The number of nitrogens with one attached hydrogen (secondary N) is 1. The molecule has 194 valence electrons. The molecule has 0 spiro atoms. The second-order valence-electron chi connectivity index (χ2n) is 8.61. The minimum Gasteiger partial charge on any atom is -0.326 e. The number of hydrogen-bond acceptors (Lipinski definition) is 6. The van der Waals surface area contributed by atoms with Gasteiger partial charge in [-0.05, 0) is 56.3 Å². The molecule has 2 heterocycles. The van der Waals surface area contributed by atoms with Crippen molar-refractivity contribution in [3.8, 4) is 11.8 Å². The van der Waals surface area contributed by atoms with E-state index in [2.05, 4.69) is 27.1 Å². The molecule has 0 unspecified atom stereocenters. The van der Waals surface area contributed by atoms with E-state index in [1.807, 2.05) is 25.9 Å². The first-order chi connectivity index (χ1) is 17.4. The molecule has 1 aromatic carbocycles. The van der Waals surface area contributed by atoms with Crippen molar-refractivity contribution in [1.29, 1.82) is 0 Å². The van der Waals surface area contributed by atoms with Crippen molar-refractivity contribution in [3.63, 3.8) is 0 Å². The molecule has 0 saturated heterocycles. The molecule has 0 atom stereocenters. The largest absolute Gasteiger partial charge is 0.416 e. The van der Waals surface area contributed by atoms with Gasteiger partial charge in [-0.15, -0.1) is 0 Å². The topological polar surface area (TPSA) is 78.4 Å². The van der Waals surface area contributed by atoms with Crippen molar-refractivity contribution < 1.29 is 22.8 Å². The molecular formula is C26H26F3N5O2S. The van der Waals surface area contributed by atoms with Gasteiger partial charge in [-0.3, -0.25) is 15.1 Å². The maximum absolute atomic E-state index is 13.0. The number of pyridine rings is 1. The number of hydrogen-bond donors (Lipinski definition) is 1. The number of amides is 2. The molecule has 7 nitrogen and oxygen atoms in total. The van der Waals surface area contributed by atoms with Crippen molar-refractivity contribution in [1.82, 2.24) is 19.8 Å². The number of rotatable bonds is 7. The lowest BCUT2D eigenvalue weighted by Crippen LogP contribution is -2.36. The van der Waals surface area contributed by atoms with Crippen LogP contribution in [0.2, 0.25) is 0 Å². The molecule has 2 amide bonds. The smallest absolute Gasteiger partial charge is 0.326 e. The number of thiazole rings is 1. The SMILES string of the molecule is Cc1ccc(CC(=O)c2cc(C(F)(F)F)ccn2)cc1C#Cc1cnc(NC(=O)N(C)CCN(C)C)s1. The Labute approximate surface area is 217 Å². The van der Waals surface area contributed by atoms with Gasteiger partial charge in [-0.25, -0.2) is 9.78 Å². The van der Waals surface area contributed by atoms with Gasteiger partial charge in [-0.1, -0.05) is 29.4 Å². The van der Waals surface area contributed by atoms with Crippen LogP contribution in [0.15, 0.2) is 42.7 Å². The third kappa shape index (κ3) is 8.13. The second-order valence-corrected chi connectivity index (χ2v) is 9.64. The van der Waals surface area contributed by atoms with Crippen molar-refractivity contribution in [2.75, 3.05) is 39.5 Å². The van der Waals surface area contributed by atoms with Crippen LogP contribution in [0.5, 0.6) is 0 Å². The summed E-state index contributed by atoms with van der Waals surface area (Å²) >= 11 is 1.24. The van der Waals surface area contributed by atoms with E-state index in [9.17, 15) is 22.8 Å². The lowest BCUT2D eigenvalue weighted by molar-refractivity contribution is -0.137. The summed E-state index contributed by atoms with van der Waals surface area (Å²) in [5.74, 6) is 5.54. The summed E-state index contributed by atoms with van der Waals surface area (Å²) in [7, 11) is 5.57. The van der Waals surface area contributed by atoms with Crippen LogP contribution >= 0.6 is 11.3 Å². The summed E-state index contributed by atoms with van der Waals surface area (Å²) in [4.78, 5) is 37.0. The fraction of sp³-hybridized carbons (Fsp3) is 0.308. The van der Waals surface area contributed by atoms with Gasteiger partial charge in [-0.2, -0.15) is 13.2 Å². The Morgan fingerprint density at radius 2 is 1.81 bits per heavy atom. The van der Waals surface area contributed by atoms with Gasteiger partial charge < -0.3 is 9.80 Å². The quantitative estimate of drug-likeness (QED) is 0.354. The minimum atomic E-state index is -4.55. The highest BCUT2D eigenvalue weighted by Gasteiger charge is 2.31. The fourth-order valence-corrected chi connectivity index (χ4v) is 3.77. The highest BCUT2D eigenvalue weighted by atomic mass is 32.1. The van der Waals surface area contributed by atoms with Gasteiger partial charge in [0.2, 0.25) is 0 Å². The van der Waals surface area contributed by atoms with Gasteiger partial charge in [0.05, 0.1) is 16.6 Å². The summed E-state index contributed by atoms with van der Waals surface area (Å²) in [5, 5.41) is 3.18. The molecule has 37 heavy (non-hydrogen) atoms.